The molecule has 2 unspecified atom stereocenters. The molecule has 1 aromatic rings. The monoisotopic (exact) mass is 260 g/mol. The number of nitrogens with zero attached hydrogens (tertiary/aromatic N) is 1. The number of rotatable bonds is 4. The lowest BCUT2D eigenvalue weighted by atomic mass is 9.99. The molecule has 0 aromatic heterocycles. The van der Waals surface area contributed by atoms with Gasteiger partial charge in [0.2, 0.25) is 0 Å². The smallest absolute Gasteiger partial charge is 0.165 e. The second kappa shape index (κ2) is 4.82. The molecule has 2 saturated carbocycles. The van der Waals surface area contributed by atoms with Crippen molar-refractivity contribution in [3.8, 4) is 11.8 Å². The Balaban J connectivity index is 1.65. The van der Waals surface area contributed by atoms with Crippen LogP contribution in [0.15, 0.2) is 24.3 Å². The third-order valence-corrected chi connectivity index (χ3v) is 3.87. The van der Waals surface area contributed by atoms with E-state index in [0.29, 0.717) is 12.5 Å². The van der Waals surface area contributed by atoms with Crippen molar-refractivity contribution >= 4 is 0 Å². The number of nitrogens with one attached hydrogen (secondary N) is 1. The zero-order valence-electron chi connectivity index (χ0n) is 10.7. The van der Waals surface area contributed by atoms with Gasteiger partial charge < -0.3 is 4.74 Å². The Labute approximate surface area is 112 Å². The highest BCUT2D eigenvalue weighted by Gasteiger charge is 2.43. The number of nitriles is 1. The Morgan fingerprint density at radius 3 is 2.79 bits per heavy atom. The Morgan fingerprint density at radius 1 is 1.32 bits per heavy atom. The molecule has 0 aliphatic heterocycles. The summed E-state index contributed by atoms with van der Waals surface area (Å²) in [7, 11) is 0. The summed E-state index contributed by atoms with van der Waals surface area (Å²) in [5, 5.41) is 12.8. The molecule has 19 heavy (non-hydrogen) atoms. The van der Waals surface area contributed by atoms with Gasteiger partial charge in [-0.05, 0) is 37.8 Å². The molecule has 2 aliphatic rings. The summed E-state index contributed by atoms with van der Waals surface area (Å²) in [5.41, 5.74) is -0.475. The fourth-order valence-electron chi connectivity index (χ4n) is 2.70. The second-order valence-corrected chi connectivity index (χ2v) is 5.53. The fraction of sp³-hybridized carbons (Fsp3) is 0.533. The average Bonchev–Trinajstić information content (AvgIpc) is 3.13. The summed E-state index contributed by atoms with van der Waals surface area (Å²) in [6.45, 7) is 0. The molecule has 1 aromatic carbocycles. The fourth-order valence-corrected chi connectivity index (χ4v) is 2.70. The van der Waals surface area contributed by atoms with Crippen LogP contribution in [0.5, 0.6) is 5.75 Å². The summed E-state index contributed by atoms with van der Waals surface area (Å²) in [6.07, 6.45) is 4.43. The van der Waals surface area contributed by atoms with E-state index in [4.69, 9.17) is 4.74 Å². The normalized spacial score (nSPS) is 30.0. The quantitative estimate of drug-likeness (QED) is 0.905. The van der Waals surface area contributed by atoms with Crippen LogP contribution in [0.4, 0.5) is 4.39 Å². The second-order valence-electron chi connectivity index (χ2n) is 5.53. The Morgan fingerprint density at radius 2 is 2.11 bits per heavy atom. The highest BCUT2D eigenvalue weighted by Crippen LogP contribution is 2.35. The van der Waals surface area contributed by atoms with Crippen molar-refractivity contribution < 1.29 is 9.13 Å². The first-order chi connectivity index (χ1) is 9.21. The highest BCUT2D eigenvalue weighted by molar-refractivity contribution is 5.25. The van der Waals surface area contributed by atoms with Gasteiger partial charge in [-0.1, -0.05) is 12.1 Å². The zero-order chi connectivity index (χ0) is 13.3. The average molecular weight is 260 g/mol. The zero-order valence-corrected chi connectivity index (χ0v) is 10.7. The van der Waals surface area contributed by atoms with E-state index in [1.807, 2.05) is 0 Å². The third-order valence-electron chi connectivity index (χ3n) is 3.87. The molecule has 0 spiro atoms. The van der Waals surface area contributed by atoms with E-state index in [1.54, 1.807) is 18.2 Å². The van der Waals surface area contributed by atoms with Gasteiger partial charge in [0.15, 0.2) is 11.6 Å². The van der Waals surface area contributed by atoms with Gasteiger partial charge in [-0.2, -0.15) is 5.26 Å². The number of halogens is 1. The molecule has 100 valence electrons. The van der Waals surface area contributed by atoms with Crippen molar-refractivity contribution in [1.29, 1.82) is 5.26 Å². The standard InChI is InChI=1S/C15H17FN2O/c16-13-3-1-2-4-14(13)19-12-7-8-15(9-12,10-17)18-11-5-6-11/h1-4,11-12,18H,5-9H2. The van der Waals surface area contributed by atoms with Crippen LogP contribution in [-0.2, 0) is 0 Å². The summed E-state index contributed by atoms with van der Waals surface area (Å²) in [4.78, 5) is 0. The van der Waals surface area contributed by atoms with E-state index in [1.165, 1.54) is 6.07 Å². The molecule has 2 fully saturated rings. The number of para-hydroxylation sites is 1. The SMILES string of the molecule is N#CC1(NC2CC2)CCC(Oc2ccccc2F)C1. The molecule has 2 aliphatic carbocycles. The van der Waals surface area contributed by atoms with Crippen molar-refractivity contribution in [2.75, 3.05) is 0 Å². The molecule has 0 saturated heterocycles. The summed E-state index contributed by atoms with van der Waals surface area (Å²) in [6, 6.07) is 9.32. The predicted octanol–water partition coefficient (Wildman–Crippen LogP) is 2.77. The van der Waals surface area contributed by atoms with E-state index in [0.717, 1.165) is 25.7 Å². The minimum atomic E-state index is -0.475. The maximum absolute atomic E-state index is 13.5. The molecule has 0 amide bonds. The summed E-state index contributed by atoms with van der Waals surface area (Å²) in [5.74, 6) is -0.0558. The lowest BCUT2D eigenvalue weighted by molar-refractivity contribution is 0.192. The number of ether oxygens (including phenoxy) is 1. The van der Waals surface area contributed by atoms with E-state index in [2.05, 4.69) is 11.4 Å². The molecule has 0 heterocycles. The lowest BCUT2D eigenvalue weighted by Gasteiger charge is -2.22. The van der Waals surface area contributed by atoms with Crippen LogP contribution in [0.3, 0.4) is 0 Å². The van der Waals surface area contributed by atoms with Crippen LogP contribution in [0, 0.1) is 17.1 Å². The van der Waals surface area contributed by atoms with Crippen LogP contribution < -0.4 is 10.1 Å². The van der Waals surface area contributed by atoms with Gasteiger partial charge >= 0.3 is 0 Å². The lowest BCUT2D eigenvalue weighted by Crippen LogP contribution is -2.43. The molecule has 2 atom stereocenters. The van der Waals surface area contributed by atoms with Gasteiger partial charge in [0.25, 0.3) is 0 Å². The maximum Gasteiger partial charge on any atom is 0.165 e. The first-order valence-corrected chi connectivity index (χ1v) is 6.81. The molecule has 3 nitrogen and oxygen atoms in total. The van der Waals surface area contributed by atoms with Crippen molar-refractivity contribution in [3.05, 3.63) is 30.1 Å². The van der Waals surface area contributed by atoms with Crippen molar-refractivity contribution in [2.24, 2.45) is 0 Å². The van der Waals surface area contributed by atoms with Crippen molar-refractivity contribution in [3.63, 3.8) is 0 Å². The van der Waals surface area contributed by atoms with Gasteiger partial charge in [0.05, 0.1) is 6.07 Å². The topological polar surface area (TPSA) is 45.0 Å². The van der Waals surface area contributed by atoms with Crippen molar-refractivity contribution in [2.45, 2.75) is 49.8 Å². The molecule has 4 heteroatoms. The van der Waals surface area contributed by atoms with Crippen LogP contribution in [0.2, 0.25) is 0 Å². The van der Waals surface area contributed by atoms with Gasteiger partial charge in [-0.3, -0.25) is 5.32 Å². The molecule has 0 radical (unpaired) electrons. The van der Waals surface area contributed by atoms with Crippen LogP contribution in [-0.4, -0.2) is 17.7 Å². The molecule has 3 rings (SSSR count). The van der Waals surface area contributed by atoms with E-state index >= 15 is 0 Å². The predicted molar refractivity (Wildman–Crippen MR) is 69.2 cm³/mol. The minimum absolute atomic E-state index is 0.0807. The summed E-state index contributed by atoms with van der Waals surface area (Å²) >= 11 is 0. The third kappa shape index (κ3) is 2.71. The van der Waals surface area contributed by atoms with Crippen LogP contribution in [0.25, 0.3) is 0 Å². The molecular formula is C15H17FN2O. The molecule has 0 bridgehead atoms. The largest absolute Gasteiger partial charge is 0.487 e. The van der Waals surface area contributed by atoms with E-state index in [9.17, 15) is 9.65 Å². The van der Waals surface area contributed by atoms with Gasteiger partial charge in [0.1, 0.15) is 11.6 Å². The van der Waals surface area contributed by atoms with Crippen LogP contribution >= 0.6 is 0 Å². The first-order valence-electron chi connectivity index (χ1n) is 6.81. The molecule has 1 N–H and O–H groups in total. The summed E-state index contributed by atoms with van der Waals surface area (Å²) < 4.78 is 19.2. The maximum atomic E-state index is 13.5. The number of hydrogen-bond acceptors (Lipinski definition) is 3. The minimum Gasteiger partial charge on any atom is -0.487 e. The van der Waals surface area contributed by atoms with Gasteiger partial charge in [-0.25, -0.2) is 4.39 Å². The van der Waals surface area contributed by atoms with E-state index in [-0.39, 0.29) is 17.7 Å². The Bertz CT molecular complexity index is 509. The van der Waals surface area contributed by atoms with Crippen molar-refractivity contribution in [1.82, 2.24) is 5.32 Å². The highest BCUT2D eigenvalue weighted by atomic mass is 19.1. The van der Waals surface area contributed by atoms with Crippen LogP contribution in [0.1, 0.15) is 32.1 Å². The van der Waals surface area contributed by atoms with Gasteiger partial charge in [0, 0.05) is 12.5 Å². The number of hydrogen-bond donors (Lipinski definition) is 1. The number of benzene rings is 1. The first kappa shape index (κ1) is 12.4. The van der Waals surface area contributed by atoms with E-state index < -0.39 is 5.54 Å². The van der Waals surface area contributed by atoms with Gasteiger partial charge in [-0.15, -0.1) is 0 Å². The Hall–Kier alpha value is -1.60. The Kier molecular flexibility index (Phi) is 3.16. The molecular weight excluding hydrogens is 243 g/mol.